The van der Waals surface area contributed by atoms with E-state index in [2.05, 4.69) is 10.1 Å². The molecule has 6 nitrogen and oxygen atoms in total. The van der Waals surface area contributed by atoms with E-state index in [1.165, 1.54) is 10.7 Å². The number of hydrogen-bond donors (Lipinski definition) is 1. The third-order valence-corrected chi connectivity index (χ3v) is 2.52. The number of carbonyl (C=O) groups is 1. The summed E-state index contributed by atoms with van der Waals surface area (Å²) in [5.74, 6) is -1.07. The molecule has 0 saturated carbocycles. The maximum atomic E-state index is 11.1. The number of nitrogens with zero attached hydrogens (tertiary/aromatic N) is 3. The Morgan fingerprint density at radius 3 is 2.94 bits per heavy atom. The molecule has 0 radical (unpaired) electrons. The van der Waals surface area contributed by atoms with Gasteiger partial charge < -0.3 is 9.84 Å². The summed E-state index contributed by atoms with van der Waals surface area (Å²) >= 11 is 5.79. The van der Waals surface area contributed by atoms with Crippen LogP contribution in [-0.2, 0) is 11.3 Å². The van der Waals surface area contributed by atoms with E-state index in [9.17, 15) is 4.79 Å². The highest BCUT2D eigenvalue weighted by atomic mass is 35.5. The summed E-state index contributed by atoms with van der Waals surface area (Å²) in [6, 6.07) is 1.56. The number of fused-ring (bicyclic) bond motifs is 1. The molecule has 96 valence electrons. The lowest BCUT2D eigenvalue weighted by molar-refractivity contribution is 0.0579. The highest BCUT2D eigenvalue weighted by molar-refractivity contribution is 6.29. The van der Waals surface area contributed by atoms with Gasteiger partial charge in [-0.15, -0.1) is 0 Å². The summed E-state index contributed by atoms with van der Waals surface area (Å²) in [5, 5.41) is 13.4. The van der Waals surface area contributed by atoms with Crippen molar-refractivity contribution in [3.63, 3.8) is 0 Å². The second kappa shape index (κ2) is 4.91. The molecule has 0 unspecified atom stereocenters. The fourth-order valence-electron chi connectivity index (χ4n) is 1.52. The van der Waals surface area contributed by atoms with E-state index < -0.39 is 5.97 Å². The minimum Gasteiger partial charge on any atom is -0.478 e. The van der Waals surface area contributed by atoms with E-state index in [1.807, 2.05) is 13.8 Å². The predicted octanol–water partition coefficient (Wildman–Crippen LogP) is 2.01. The molecule has 0 atom stereocenters. The number of halogens is 1. The van der Waals surface area contributed by atoms with Crippen molar-refractivity contribution in [1.29, 1.82) is 0 Å². The lowest BCUT2D eigenvalue weighted by Gasteiger charge is -2.11. The summed E-state index contributed by atoms with van der Waals surface area (Å²) in [6.07, 6.45) is 1.27. The van der Waals surface area contributed by atoms with Gasteiger partial charge >= 0.3 is 5.97 Å². The minimum absolute atomic E-state index is 0.0131. The molecule has 0 aromatic carbocycles. The summed E-state index contributed by atoms with van der Waals surface area (Å²) in [5.41, 5.74) is 0.975. The van der Waals surface area contributed by atoms with Crippen molar-refractivity contribution in [1.82, 2.24) is 14.6 Å². The van der Waals surface area contributed by atoms with Crippen LogP contribution in [-0.4, -0.2) is 31.8 Å². The van der Waals surface area contributed by atoms with Crippen LogP contribution in [0.25, 0.3) is 5.65 Å². The fourth-order valence-corrected chi connectivity index (χ4v) is 1.69. The van der Waals surface area contributed by atoms with Gasteiger partial charge in [-0.3, -0.25) is 0 Å². The summed E-state index contributed by atoms with van der Waals surface area (Å²) in [4.78, 5) is 15.1. The molecule has 0 bridgehead atoms. The van der Waals surface area contributed by atoms with Crippen molar-refractivity contribution in [2.24, 2.45) is 0 Å². The molecular weight excluding hydrogens is 258 g/mol. The standard InChI is InChI=1S/C11H12ClN3O3/c1-6(2)18-5-8-7(11(16)17)4-13-10-3-9(12)14-15(8)10/h3-4,6H,5H2,1-2H3,(H,16,17). The third kappa shape index (κ3) is 2.44. The number of rotatable bonds is 4. The summed E-state index contributed by atoms with van der Waals surface area (Å²) in [7, 11) is 0. The molecule has 2 aromatic heterocycles. The maximum absolute atomic E-state index is 11.1. The Balaban J connectivity index is 2.54. The van der Waals surface area contributed by atoms with Crippen LogP contribution >= 0.6 is 11.6 Å². The second-order valence-electron chi connectivity index (χ2n) is 4.02. The van der Waals surface area contributed by atoms with Crippen molar-refractivity contribution >= 4 is 23.2 Å². The van der Waals surface area contributed by atoms with Gasteiger partial charge in [-0.2, -0.15) is 5.10 Å². The molecule has 18 heavy (non-hydrogen) atoms. The molecule has 0 aliphatic rings. The van der Waals surface area contributed by atoms with Gasteiger partial charge in [0.05, 0.1) is 18.4 Å². The van der Waals surface area contributed by atoms with Crippen molar-refractivity contribution in [3.05, 3.63) is 28.7 Å². The molecule has 0 aliphatic heterocycles. The van der Waals surface area contributed by atoms with Gasteiger partial charge in [0.25, 0.3) is 0 Å². The first-order chi connectivity index (χ1) is 8.49. The number of hydrogen-bond acceptors (Lipinski definition) is 4. The molecule has 1 N–H and O–H groups in total. The Kier molecular flexibility index (Phi) is 3.49. The first kappa shape index (κ1) is 12.8. The number of carboxylic acids is 1. The third-order valence-electron chi connectivity index (χ3n) is 2.34. The first-order valence-electron chi connectivity index (χ1n) is 5.37. The first-order valence-corrected chi connectivity index (χ1v) is 5.75. The Labute approximate surface area is 108 Å². The van der Waals surface area contributed by atoms with Crippen LogP contribution in [0.15, 0.2) is 12.3 Å². The van der Waals surface area contributed by atoms with E-state index in [-0.39, 0.29) is 23.4 Å². The number of aromatic nitrogens is 3. The average Bonchev–Trinajstić information content (AvgIpc) is 2.65. The molecular formula is C11H12ClN3O3. The van der Waals surface area contributed by atoms with Gasteiger partial charge in [0.1, 0.15) is 5.56 Å². The van der Waals surface area contributed by atoms with Crippen LogP contribution in [0.3, 0.4) is 0 Å². The van der Waals surface area contributed by atoms with Gasteiger partial charge in [-0.25, -0.2) is 14.3 Å². The molecule has 0 saturated heterocycles. The zero-order valence-corrected chi connectivity index (χ0v) is 10.7. The molecule has 0 aliphatic carbocycles. The van der Waals surface area contributed by atoms with Crippen LogP contribution in [0, 0.1) is 0 Å². The Morgan fingerprint density at radius 1 is 1.61 bits per heavy atom. The molecule has 0 fully saturated rings. The Bertz CT molecular complexity index is 594. The quantitative estimate of drug-likeness (QED) is 0.919. The molecule has 2 heterocycles. The lowest BCUT2D eigenvalue weighted by Crippen LogP contribution is -2.13. The van der Waals surface area contributed by atoms with Crippen molar-refractivity contribution < 1.29 is 14.6 Å². The van der Waals surface area contributed by atoms with Gasteiger partial charge in [0, 0.05) is 12.3 Å². The molecule has 0 amide bonds. The van der Waals surface area contributed by atoms with Crippen LogP contribution in [0.1, 0.15) is 29.9 Å². The van der Waals surface area contributed by atoms with E-state index in [4.69, 9.17) is 21.4 Å². The fraction of sp³-hybridized carbons (Fsp3) is 0.364. The largest absolute Gasteiger partial charge is 0.478 e. The number of carboxylic acid groups (broad SMARTS) is 1. The Hall–Kier alpha value is -1.66. The zero-order chi connectivity index (χ0) is 13.3. The van der Waals surface area contributed by atoms with Gasteiger partial charge in [0.15, 0.2) is 10.8 Å². The van der Waals surface area contributed by atoms with Gasteiger partial charge in [-0.1, -0.05) is 11.6 Å². The highest BCUT2D eigenvalue weighted by Gasteiger charge is 2.17. The molecule has 2 rings (SSSR count). The van der Waals surface area contributed by atoms with Crippen molar-refractivity contribution in [2.45, 2.75) is 26.6 Å². The van der Waals surface area contributed by atoms with E-state index >= 15 is 0 Å². The minimum atomic E-state index is -1.07. The van der Waals surface area contributed by atoms with E-state index in [0.717, 1.165) is 0 Å². The predicted molar refractivity (Wildman–Crippen MR) is 64.9 cm³/mol. The van der Waals surface area contributed by atoms with E-state index in [1.54, 1.807) is 6.07 Å². The summed E-state index contributed by atoms with van der Waals surface area (Å²) in [6.45, 7) is 3.88. The topological polar surface area (TPSA) is 76.7 Å². The van der Waals surface area contributed by atoms with Crippen LogP contribution in [0.4, 0.5) is 0 Å². The summed E-state index contributed by atoms with van der Waals surface area (Å²) < 4.78 is 6.84. The molecule has 0 spiro atoms. The van der Waals surface area contributed by atoms with Gasteiger partial charge in [0.2, 0.25) is 0 Å². The second-order valence-corrected chi connectivity index (χ2v) is 4.41. The Morgan fingerprint density at radius 2 is 2.33 bits per heavy atom. The number of aromatic carboxylic acids is 1. The lowest BCUT2D eigenvalue weighted by atomic mass is 10.2. The zero-order valence-electron chi connectivity index (χ0n) is 9.92. The van der Waals surface area contributed by atoms with Crippen molar-refractivity contribution in [2.75, 3.05) is 0 Å². The van der Waals surface area contributed by atoms with Crippen molar-refractivity contribution in [3.8, 4) is 0 Å². The van der Waals surface area contributed by atoms with E-state index in [0.29, 0.717) is 11.3 Å². The normalized spacial score (nSPS) is 11.3. The van der Waals surface area contributed by atoms with Gasteiger partial charge in [-0.05, 0) is 13.8 Å². The monoisotopic (exact) mass is 269 g/mol. The van der Waals surface area contributed by atoms with Crippen LogP contribution in [0.2, 0.25) is 5.15 Å². The SMILES string of the molecule is CC(C)OCc1c(C(=O)O)cnc2cc(Cl)nn12. The highest BCUT2D eigenvalue weighted by Crippen LogP contribution is 2.16. The van der Waals surface area contributed by atoms with Crippen LogP contribution in [0.5, 0.6) is 0 Å². The maximum Gasteiger partial charge on any atom is 0.339 e. The molecule has 2 aromatic rings. The van der Waals surface area contributed by atoms with Crippen LogP contribution < -0.4 is 0 Å². The smallest absolute Gasteiger partial charge is 0.339 e. The molecule has 7 heteroatoms. The average molecular weight is 270 g/mol. The number of ether oxygens (including phenoxy) is 1.